The molecule has 0 saturated carbocycles. The Kier molecular flexibility index (Phi) is 7.15. The smallest absolute Gasteiger partial charge is 0.241 e. The summed E-state index contributed by atoms with van der Waals surface area (Å²) < 4.78 is 4.89. The lowest BCUT2D eigenvalue weighted by Gasteiger charge is -2.20. The average molecular weight is 264 g/mol. The van der Waals surface area contributed by atoms with E-state index in [0.29, 0.717) is 0 Å². The van der Waals surface area contributed by atoms with Gasteiger partial charge in [-0.2, -0.15) is 0 Å². The van der Waals surface area contributed by atoms with E-state index < -0.39 is 6.04 Å². The molecule has 0 heterocycles. The zero-order valence-corrected chi connectivity index (χ0v) is 11.8. The number of aryl methyl sites for hydroxylation is 1. The van der Waals surface area contributed by atoms with Crippen LogP contribution in [0.1, 0.15) is 18.4 Å². The highest BCUT2D eigenvalue weighted by atomic mass is 16.5. The summed E-state index contributed by atoms with van der Waals surface area (Å²) in [6.45, 7) is 1.01. The van der Waals surface area contributed by atoms with Crippen LogP contribution in [-0.2, 0) is 16.0 Å². The molecule has 2 N–H and O–H groups in total. The summed E-state index contributed by atoms with van der Waals surface area (Å²) in [7, 11) is 3.34. The molecule has 1 rings (SSSR count). The van der Waals surface area contributed by atoms with E-state index in [-0.39, 0.29) is 12.5 Å². The number of ether oxygens (including phenoxy) is 1. The molecule has 1 atom stereocenters. The second-order valence-corrected chi connectivity index (χ2v) is 4.76. The molecule has 1 aromatic carbocycles. The van der Waals surface area contributed by atoms with E-state index in [1.54, 1.807) is 19.1 Å². The van der Waals surface area contributed by atoms with Gasteiger partial charge >= 0.3 is 0 Å². The van der Waals surface area contributed by atoms with Crippen molar-refractivity contribution in [3.8, 4) is 0 Å². The summed E-state index contributed by atoms with van der Waals surface area (Å²) in [6.07, 6.45) is 3.10. The normalized spacial score (nSPS) is 12.2. The van der Waals surface area contributed by atoms with Crippen molar-refractivity contribution in [3.05, 3.63) is 35.9 Å². The number of likely N-dealkylation sites (N-methyl/N-ethyl adjacent to an activating group) is 1. The molecule has 0 aliphatic carbocycles. The van der Waals surface area contributed by atoms with Crippen molar-refractivity contribution in [2.75, 3.05) is 27.3 Å². The number of hydrogen-bond acceptors (Lipinski definition) is 3. The highest BCUT2D eigenvalue weighted by Crippen LogP contribution is 2.05. The monoisotopic (exact) mass is 264 g/mol. The Morgan fingerprint density at radius 2 is 2.00 bits per heavy atom. The maximum absolute atomic E-state index is 11.8. The Morgan fingerprint density at radius 1 is 1.32 bits per heavy atom. The number of carbonyl (C=O) groups excluding carboxylic acids is 1. The van der Waals surface area contributed by atoms with Crippen LogP contribution in [0.2, 0.25) is 0 Å². The van der Waals surface area contributed by atoms with E-state index in [0.717, 1.165) is 25.8 Å². The molecular formula is C15H24N2O2. The Balaban J connectivity index is 2.20. The van der Waals surface area contributed by atoms with Gasteiger partial charge in [0, 0.05) is 20.7 Å². The van der Waals surface area contributed by atoms with Crippen LogP contribution < -0.4 is 5.73 Å². The van der Waals surface area contributed by atoms with Crippen molar-refractivity contribution in [1.82, 2.24) is 4.90 Å². The molecule has 4 heteroatoms. The SMILES string of the molecule is COCC(N)C(=O)N(C)CCCCc1ccccc1. The van der Waals surface area contributed by atoms with Crippen LogP contribution in [0.3, 0.4) is 0 Å². The third kappa shape index (κ3) is 5.85. The third-order valence-electron chi connectivity index (χ3n) is 3.09. The molecule has 0 fully saturated rings. The summed E-state index contributed by atoms with van der Waals surface area (Å²) >= 11 is 0. The number of nitrogens with two attached hydrogens (primary N) is 1. The fraction of sp³-hybridized carbons (Fsp3) is 0.533. The lowest BCUT2D eigenvalue weighted by molar-refractivity contribution is -0.132. The predicted octanol–water partition coefficient (Wildman–Crippen LogP) is 1.44. The fourth-order valence-electron chi connectivity index (χ4n) is 1.97. The van der Waals surface area contributed by atoms with Gasteiger partial charge in [-0.05, 0) is 24.8 Å². The second kappa shape index (κ2) is 8.67. The molecule has 1 aromatic rings. The van der Waals surface area contributed by atoms with Gasteiger partial charge < -0.3 is 15.4 Å². The van der Waals surface area contributed by atoms with Crippen molar-refractivity contribution >= 4 is 5.91 Å². The van der Waals surface area contributed by atoms with Gasteiger partial charge in [0.15, 0.2) is 0 Å². The molecule has 1 amide bonds. The minimum atomic E-state index is -0.552. The molecule has 4 nitrogen and oxygen atoms in total. The molecule has 0 aliphatic rings. The van der Waals surface area contributed by atoms with Crippen LogP contribution >= 0.6 is 0 Å². The van der Waals surface area contributed by atoms with E-state index in [1.165, 1.54) is 5.56 Å². The van der Waals surface area contributed by atoms with Gasteiger partial charge in [-0.1, -0.05) is 30.3 Å². The number of methoxy groups -OCH3 is 1. The first kappa shape index (κ1) is 15.7. The molecular weight excluding hydrogens is 240 g/mol. The van der Waals surface area contributed by atoms with E-state index in [2.05, 4.69) is 24.3 Å². The van der Waals surface area contributed by atoms with Gasteiger partial charge in [-0.25, -0.2) is 0 Å². The lowest BCUT2D eigenvalue weighted by Crippen LogP contribution is -2.44. The standard InChI is InChI=1S/C15H24N2O2/c1-17(15(18)14(16)12-19-2)11-7-6-10-13-8-4-3-5-9-13/h3-5,8-9,14H,6-7,10-12,16H2,1-2H3. The summed E-state index contributed by atoms with van der Waals surface area (Å²) in [5.74, 6) is -0.0541. The Bertz CT molecular complexity index is 368. The number of unbranched alkanes of at least 4 members (excludes halogenated alkanes) is 1. The topological polar surface area (TPSA) is 55.6 Å². The van der Waals surface area contributed by atoms with Crippen LogP contribution in [0.4, 0.5) is 0 Å². The molecule has 0 aromatic heterocycles. The quantitative estimate of drug-likeness (QED) is 0.723. The fourth-order valence-corrected chi connectivity index (χ4v) is 1.97. The summed E-state index contributed by atoms with van der Waals surface area (Å²) in [4.78, 5) is 13.5. The number of benzene rings is 1. The van der Waals surface area contributed by atoms with E-state index in [4.69, 9.17) is 10.5 Å². The van der Waals surface area contributed by atoms with Gasteiger partial charge in [-0.3, -0.25) is 4.79 Å². The zero-order chi connectivity index (χ0) is 14.1. The zero-order valence-electron chi connectivity index (χ0n) is 11.8. The Hall–Kier alpha value is -1.39. The molecule has 0 aliphatic heterocycles. The Labute approximate surface area is 115 Å². The lowest BCUT2D eigenvalue weighted by atomic mass is 10.1. The van der Waals surface area contributed by atoms with Crippen LogP contribution in [0.15, 0.2) is 30.3 Å². The van der Waals surface area contributed by atoms with E-state index >= 15 is 0 Å². The number of amides is 1. The first-order valence-electron chi connectivity index (χ1n) is 6.68. The first-order valence-corrected chi connectivity index (χ1v) is 6.68. The average Bonchev–Trinajstić information content (AvgIpc) is 2.44. The number of rotatable bonds is 8. The van der Waals surface area contributed by atoms with Gasteiger partial charge in [-0.15, -0.1) is 0 Å². The Morgan fingerprint density at radius 3 is 2.63 bits per heavy atom. The van der Waals surface area contributed by atoms with Crippen LogP contribution in [-0.4, -0.2) is 44.2 Å². The molecule has 0 saturated heterocycles. The van der Waals surface area contributed by atoms with E-state index in [9.17, 15) is 4.79 Å². The van der Waals surface area contributed by atoms with Crippen LogP contribution in [0, 0.1) is 0 Å². The van der Waals surface area contributed by atoms with Crippen molar-refractivity contribution < 1.29 is 9.53 Å². The number of carbonyl (C=O) groups is 1. The summed E-state index contributed by atoms with van der Waals surface area (Å²) in [6, 6.07) is 9.83. The van der Waals surface area contributed by atoms with Crippen LogP contribution in [0.5, 0.6) is 0 Å². The number of hydrogen-bond donors (Lipinski definition) is 1. The van der Waals surface area contributed by atoms with Gasteiger partial charge in [0.1, 0.15) is 6.04 Å². The van der Waals surface area contributed by atoms with Crippen LogP contribution in [0.25, 0.3) is 0 Å². The maximum Gasteiger partial charge on any atom is 0.241 e. The van der Waals surface area contributed by atoms with Crippen molar-refractivity contribution in [2.45, 2.75) is 25.3 Å². The predicted molar refractivity (Wildman–Crippen MR) is 76.9 cm³/mol. The molecule has 1 unspecified atom stereocenters. The second-order valence-electron chi connectivity index (χ2n) is 4.76. The largest absolute Gasteiger partial charge is 0.383 e. The van der Waals surface area contributed by atoms with Gasteiger partial charge in [0.2, 0.25) is 5.91 Å². The highest BCUT2D eigenvalue weighted by molar-refractivity contribution is 5.81. The highest BCUT2D eigenvalue weighted by Gasteiger charge is 2.16. The van der Waals surface area contributed by atoms with Crippen molar-refractivity contribution in [2.24, 2.45) is 5.73 Å². The number of nitrogens with zero attached hydrogens (tertiary/aromatic N) is 1. The molecule has 0 bridgehead atoms. The van der Waals surface area contributed by atoms with Crippen molar-refractivity contribution in [1.29, 1.82) is 0 Å². The maximum atomic E-state index is 11.8. The first-order chi connectivity index (χ1) is 9.15. The van der Waals surface area contributed by atoms with Crippen molar-refractivity contribution in [3.63, 3.8) is 0 Å². The molecule has 0 spiro atoms. The summed E-state index contributed by atoms with van der Waals surface area (Å²) in [5.41, 5.74) is 7.05. The summed E-state index contributed by atoms with van der Waals surface area (Å²) in [5, 5.41) is 0. The van der Waals surface area contributed by atoms with Gasteiger partial charge in [0.05, 0.1) is 6.61 Å². The minimum Gasteiger partial charge on any atom is -0.383 e. The van der Waals surface area contributed by atoms with E-state index in [1.807, 2.05) is 6.07 Å². The van der Waals surface area contributed by atoms with Gasteiger partial charge in [0.25, 0.3) is 0 Å². The molecule has 0 radical (unpaired) electrons. The molecule has 106 valence electrons. The molecule has 19 heavy (non-hydrogen) atoms. The minimum absolute atomic E-state index is 0.0541. The third-order valence-corrected chi connectivity index (χ3v) is 3.09.